The Labute approximate surface area is 203 Å². The Morgan fingerprint density at radius 3 is 1.28 bits per heavy atom. The van der Waals surface area contributed by atoms with E-state index in [-0.39, 0.29) is 39.1 Å². The molecule has 0 spiro atoms. The number of rotatable bonds is 6. The van der Waals surface area contributed by atoms with Crippen molar-refractivity contribution in [2.75, 3.05) is 0 Å². The van der Waals surface area contributed by atoms with Gasteiger partial charge in [0.25, 0.3) is 0 Å². The molecule has 5 heteroatoms. The van der Waals surface area contributed by atoms with Crippen LogP contribution in [0.2, 0.25) is 10.0 Å². The molecule has 0 nitrogen and oxygen atoms in total. The average molecular weight is 663 g/mol. The molecule has 0 bridgehead atoms. The van der Waals surface area contributed by atoms with Crippen molar-refractivity contribution in [2.24, 2.45) is 0 Å². The van der Waals surface area contributed by atoms with Crippen molar-refractivity contribution in [3.8, 4) is 22.3 Å². The van der Waals surface area contributed by atoms with Crippen LogP contribution in [0.5, 0.6) is 0 Å². The molecule has 0 aliphatic heterocycles. The molecule has 0 N–H and O–H groups in total. The van der Waals surface area contributed by atoms with Crippen LogP contribution in [0.1, 0.15) is 0 Å². The summed E-state index contributed by atoms with van der Waals surface area (Å²) in [5, 5.41) is 1.56. The molecule has 0 saturated carbocycles. The van der Waals surface area contributed by atoms with Gasteiger partial charge in [-0.15, -0.1) is 0 Å². The van der Waals surface area contributed by atoms with Crippen molar-refractivity contribution in [1.29, 1.82) is 0 Å². The quantitative estimate of drug-likeness (QED) is 0.220. The van der Waals surface area contributed by atoms with Crippen LogP contribution in [0, 0.1) is 0 Å². The van der Waals surface area contributed by atoms with Gasteiger partial charge in [-0.3, -0.25) is 0 Å². The average Bonchev–Trinajstić information content (AvgIpc) is 2.76. The van der Waals surface area contributed by atoms with Crippen molar-refractivity contribution in [3.63, 3.8) is 0 Å². The van der Waals surface area contributed by atoms with Crippen molar-refractivity contribution >= 4 is 75.7 Å². The molecule has 0 aliphatic rings. The standard InChI is InChI=1S/C24H16Cl2STe2/c25-19-13-9-17(10-14-19)21-5-1-3-7-23(21)28-27-29-24-8-4-2-6-22(24)18-11-15-20(26)16-12-18/h1-16H. The summed E-state index contributed by atoms with van der Waals surface area (Å²) >= 11 is 11.5. The van der Waals surface area contributed by atoms with Crippen LogP contribution >= 0.6 is 29.4 Å². The summed E-state index contributed by atoms with van der Waals surface area (Å²) in [6.45, 7) is 0. The third kappa shape index (κ3) is 5.75. The normalized spacial score (nSPS) is 10.8. The molecule has 29 heavy (non-hydrogen) atoms. The molecule has 0 fully saturated rings. The monoisotopic (exact) mass is 666 g/mol. The van der Waals surface area contributed by atoms with Crippen molar-refractivity contribution in [3.05, 3.63) is 107 Å². The fourth-order valence-electron chi connectivity index (χ4n) is 2.90. The Kier molecular flexibility index (Phi) is 7.91. The zero-order chi connectivity index (χ0) is 20.1. The Morgan fingerprint density at radius 2 is 0.862 bits per heavy atom. The predicted molar refractivity (Wildman–Crippen MR) is 132 cm³/mol. The predicted octanol–water partition coefficient (Wildman–Crippen LogP) is 6.25. The van der Waals surface area contributed by atoms with Crippen LogP contribution in [0.3, 0.4) is 0 Å². The van der Waals surface area contributed by atoms with Crippen LogP contribution in [-0.4, -0.2) is 39.1 Å². The first kappa shape index (κ1) is 21.6. The molecule has 0 aromatic heterocycles. The molecule has 144 valence electrons. The second-order valence-electron chi connectivity index (χ2n) is 6.24. The summed E-state index contributed by atoms with van der Waals surface area (Å²) in [7, 11) is 0. The van der Waals surface area contributed by atoms with E-state index in [1.165, 1.54) is 29.5 Å². The van der Waals surface area contributed by atoms with Gasteiger partial charge in [-0.2, -0.15) is 0 Å². The Hall–Kier alpha value is -0.611. The van der Waals surface area contributed by atoms with Crippen molar-refractivity contribution < 1.29 is 0 Å². The van der Waals surface area contributed by atoms with Gasteiger partial charge in [0.05, 0.1) is 0 Å². The maximum absolute atomic E-state index is 6.07. The third-order valence-corrected chi connectivity index (χ3v) is 19.4. The van der Waals surface area contributed by atoms with Gasteiger partial charge >= 0.3 is 205 Å². The zero-order valence-electron chi connectivity index (χ0n) is 15.2. The fraction of sp³-hybridized carbons (Fsp3) is 0. The minimum atomic E-state index is -0.328. The van der Waals surface area contributed by atoms with Crippen LogP contribution < -0.4 is 7.22 Å². The van der Waals surface area contributed by atoms with E-state index >= 15 is 0 Å². The number of halogens is 2. The zero-order valence-corrected chi connectivity index (χ0v) is 22.2. The first-order valence-electron chi connectivity index (χ1n) is 8.92. The van der Waals surface area contributed by atoms with Gasteiger partial charge in [0, 0.05) is 0 Å². The van der Waals surface area contributed by atoms with E-state index in [0.717, 1.165) is 10.0 Å². The fourth-order valence-corrected chi connectivity index (χ4v) is 19.5. The summed E-state index contributed by atoms with van der Waals surface area (Å²) in [6, 6.07) is 33.9. The van der Waals surface area contributed by atoms with Crippen LogP contribution in [0.15, 0.2) is 97.1 Å². The first-order chi connectivity index (χ1) is 14.2. The maximum atomic E-state index is 6.07. The number of hydrogen-bond acceptors (Lipinski definition) is 1. The molecular weight excluding hydrogens is 646 g/mol. The first-order valence-corrected chi connectivity index (χ1v) is 18.4. The van der Waals surface area contributed by atoms with E-state index in [9.17, 15) is 0 Å². The van der Waals surface area contributed by atoms with Gasteiger partial charge in [0.2, 0.25) is 0 Å². The summed E-state index contributed by atoms with van der Waals surface area (Å²) < 4.78 is 3.00. The topological polar surface area (TPSA) is 0 Å². The van der Waals surface area contributed by atoms with Gasteiger partial charge in [0.1, 0.15) is 0 Å². The molecule has 0 radical (unpaired) electrons. The molecule has 0 atom stereocenters. The molecule has 0 unspecified atom stereocenters. The van der Waals surface area contributed by atoms with Gasteiger partial charge in [-0.1, -0.05) is 0 Å². The van der Waals surface area contributed by atoms with E-state index in [0.29, 0.717) is 0 Å². The van der Waals surface area contributed by atoms with E-state index in [2.05, 4.69) is 79.0 Å². The van der Waals surface area contributed by atoms with Crippen LogP contribution in [0.4, 0.5) is 0 Å². The molecule has 0 amide bonds. The Bertz CT molecular complexity index is 1010. The van der Waals surface area contributed by atoms with E-state index in [4.69, 9.17) is 23.2 Å². The molecule has 0 aliphatic carbocycles. The van der Waals surface area contributed by atoms with Gasteiger partial charge in [0.15, 0.2) is 0 Å². The third-order valence-electron chi connectivity index (χ3n) is 4.33. The molecule has 4 aromatic rings. The number of benzene rings is 4. The van der Waals surface area contributed by atoms with Crippen molar-refractivity contribution in [1.82, 2.24) is 0 Å². The summed E-state index contributed by atoms with van der Waals surface area (Å²) in [5.74, 6) is 0. The van der Waals surface area contributed by atoms with Gasteiger partial charge in [-0.25, -0.2) is 0 Å². The summed E-state index contributed by atoms with van der Waals surface area (Å²) in [5.41, 5.74) is 5.19. The minimum absolute atomic E-state index is 0.328. The second kappa shape index (κ2) is 10.6. The Balaban J connectivity index is 1.51. The van der Waals surface area contributed by atoms with Crippen LogP contribution in [0.25, 0.3) is 22.3 Å². The van der Waals surface area contributed by atoms with E-state index in [1.807, 2.05) is 24.3 Å². The van der Waals surface area contributed by atoms with Crippen LogP contribution in [-0.2, 0) is 0 Å². The molecule has 4 rings (SSSR count). The molecular formula is C24H16Cl2STe2. The second-order valence-corrected chi connectivity index (χ2v) is 21.9. The molecule has 0 heterocycles. The van der Waals surface area contributed by atoms with E-state index in [1.54, 1.807) is 0 Å². The van der Waals surface area contributed by atoms with Crippen molar-refractivity contribution in [2.45, 2.75) is 0 Å². The number of hydrogen-bond donors (Lipinski definition) is 0. The van der Waals surface area contributed by atoms with Gasteiger partial charge < -0.3 is 0 Å². The summed E-state index contributed by atoms with van der Waals surface area (Å²) in [4.78, 5) is 0. The van der Waals surface area contributed by atoms with E-state index < -0.39 is 0 Å². The molecule has 0 saturated heterocycles. The molecule has 4 aromatic carbocycles. The summed E-state index contributed by atoms with van der Waals surface area (Å²) in [6.07, 6.45) is 2.19. The SMILES string of the molecule is Clc1ccc(-c2ccccc2[Te]S[Te]c2ccccc2-c2ccc(Cl)cc2)cc1. The van der Waals surface area contributed by atoms with Gasteiger partial charge in [-0.05, 0) is 0 Å². The Morgan fingerprint density at radius 1 is 0.483 bits per heavy atom.